The Labute approximate surface area is 150 Å². The highest BCUT2D eigenvalue weighted by molar-refractivity contribution is 5.95. The summed E-state index contributed by atoms with van der Waals surface area (Å²) in [6.07, 6.45) is 3.91. The zero-order chi connectivity index (χ0) is 18.1. The number of amides is 1. The zero-order valence-corrected chi connectivity index (χ0v) is 14.5. The lowest BCUT2D eigenvalue weighted by molar-refractivity contribution is 0.0951. The summed E-state index contributed by atoms with van der Waals surface area (Å²) in [5.74, 6) is -0.0476. The Balaban J connectivity index is 1.50. The first kappa shape index (κ1) is 16.3. The van der Waals surface area contributed by atoms with Crippen LogP contribution in [-0.4, -0.2) is 21.3 Å². The molecular formula is C20H20N4O2. The first-order valence-electron chi connectivity index (χ1n) is 8.72. The molecule has 0 aliphatic heterocycles. The van der Waals surface area contributed by atoms with Gasteiger partial charge in [-0.2, -0.15) is 0 Å². The molecule has 2 aromatic heterocycles. The van der Waals surface area contributed by atoms with E-state index in [2.05, 4.69) is 15.6 Å². The molecule has 0 atom stereocenters. The summed E-state index contributed by atoms with van der Waals surface area (Å²) in [4.78, 5) is 28.9. The van der Waals surface area contributed by atoms with E-state index in [0.29, 0.717) is 29.5 Å². The van der Waals surface area contributed by atoms with Gasteiger partial charge in [0.15, 0.2) is 0 Å². The van der Waals surface area contributed by atoms with Crippen molar-refractivity contribution in [2.45, 2.75) is 32.4 Å². The van der Waals surface area contributed by atoms with Gasteiger partial charge < -0.3 is 10.6 Å². The lowest BCUT2D eigenvalue weighted by Gasteiger charge is -2.09. The molecule has 0 saturated heterocycles. The Morgan fingerprint density at radius 1 is 1.23 bits per heavy atom. The van der Waals surface area contributed by atoms with Gasteiger partial charge in [0.2, 0.25) is 0 Å². The van der Waals surface area contributed by atoms with Gasteiger partial charge in [0.25, 0.3) is 11.5 Å². The third-order valence-corrected chi connectivity index (χ3v) is 4.37. The number of benzene rings is 1. The first-order chi connectivity index (χ1) is 12.6. The number of pyridine rings is 1. The highest BCUT2D eigenvalue weighted by Gasteiger charge is 2.23. The molecule has 0 bridgehead atoms. The van der Waals surface area contributed by atoms with Gasteiger partial charge in [-0.1, -0.05) is 12.1 Å². The molecule has 1 fully saturated rings. The van der Waals surface area contributed by atoms with E-state index in [1.807, 2.05) is 37.3 Å². The van der Waals surface area contributed by atoms with Crippen molar-refractivity contribution in [3.63, 3.8) is 0 Å². The highest BCUT2D eigenvalue weighted by atomic mass is 16.1. The first-order valence-corrected chi connectivity index (χ1v) is 8.72. The maximum Gasteiger partial charge on any atom is 0.258 e. The van der Waals surface area contributed by atoms with E-state index in [9.17, 15) is 9.59 Å². The molecule has 0 spiro atoms. The quantitative estimate of drug-likeness (QED) is 0.743. The number of nitrogens with one attached hydrogen (secondary N) is 2. The predicted molar refractivity (Wildman–Crippen MR) is 100 cm³/mol. The molecule has 1 aliphatic carbocycles. The van der Waals surface area contributed by atoms with Crippen LogP contribution in [-0.2, 0) is 6.54 Å². The lowest BCUT2D eigenvalue weighted by Crippen LogP contribution is -2.25. The minimum absolute atomic E-state index is 0.0476. The van der Waals surface area contributed by atoms with Crippen LogP contribution in [0.4, 0.5) is 5.69 Å². The van der Waals surface area contributed by atoms with Gasteiger partial charge in [0, 0.05) is 29.6 Å². The predicted octanol–water partition coefficient (Wildman–Crippen LogP) is 2.51. The van der Waals surface area contributed by atoms with Crippen LogP contribution < -0.4 is 16.2 Å². The van der Waals surface area contributed by atoms with Gasteiger partial charge >= 0.3 is 0 Å². The summed E-state index contributed by atoms with van der Waals surface area (Å²) in [6.45, 7) is 2.35. The minimum atomic E-state index is -0.104. The fourth-order valence-electron chi connectivity index (χ4n) is 2.81. The Bertz CT molecular complexity index is 1040. The Morgan fingerprint density at radius 3 is 2.88 bits per heavy atom. The van der Waals surface area contributed by atoms with Crippen LogP contribution in [0.5, 0.6) is 0 Å². The van der Waals surface area contributed by atoms with Gasteiger partial charge in [0.1, 0.15) is 5.65 Å². The molecule has 1 aliphatic rings. The van der Waals surface area contributed by atoms with Crippen LogP contribution >= 0.6 is 0 Å². The fourth-order valence-corrected chi connectivity index (χ4v) is 2.81. The molecule has 6 heteroatoms. The molecule has 26 heavy (non-hydrogen) atoms. The topological polar surface area (TPSA) is 75.5 Å². The van der Waals surface area contributed by atoms with Crippen molar-refractivity contribution in [2.24, 2.45) is 0 Å². The van der Waals surface area contributed by atoms with Gasteiger partial charge in [-0.05, 0) is 49.6 Å². The molecule has 2 heterocycles. The van der Waals surface area contributed by atoms with Crippen molar-refractivity contribution in [3.8, 4) is 0 Å². The number of aryl methyl sites for hydroxylation is 1. The molecule has 1 saturated carbocycles. The molecule has 1 amide bonds. The minimum Gasteiger partial charge on any atom is -0.379 e. The van der Waals surface area contributed by atoms with Crippen molar-refractivity contribution in [3.05, 3.63) is 75.8 Å². The normalized spacial score (nSPS) is 13.6. The maximum atomic E-state index is 12.3. The van der Waals surface area contributed by atoms with Gasteiger partial charge in [-0.3, -0.25) is 14.0 Å². The Hall–Kier alpha value is -3.15. The number of carbonyl (C=O) groups excluding carboxylic acids is 1. The van der Waals surface area contributed by atoms with Gasteiger partial charge in [0.05, 0.1) is 12.2 Å². The van der Waals surface area contributed by atoms with Gasteiger partial charge in [-0.25, -0.2) is 4.98 Å². The second kappa shape index (κ2) is 6.63. The summed E-state index contributed by atoms with van der Waals surface area (Å²) >= 11 is 0. The monoisotopic (exact) mass is 348 g/mol. The summed E-state index contributed by atoms with van der Waals surface area (Å²) < 4.78 is 1.54. The molecular weight excluding hydrogens is 328 g/mol. The number of hydrogen-bond acceptors (Lipinski definition) is 4. The SMILES string of the molecule is Cc1ccc2nc(CNc3cccc(C(=O)NC4CC4)c3)cc(=O)n2c1. The summed E-state index contributed by atoms with van der Waals surface area (Å²) in [6, 6.07) is 13.0. The van der Waals surface area contributed by atoms with Crippen LogP contribution in [0.1, 0.15) is 34.5 Å². The van der Waals surface area contributed by atoms with Crippen LogP contribution in [0, 0.1) is 6.92 Å². The van der Waals surface area contributed by atoms with Crippen LogP contribution in [0.15, 0.2) is 53.5 Å². The average Bonchev–Trinajstić information content (AvgIpc) is 3.45. The summed E-state index contributed by atoms with van der Waals surface area (Å²) in [7, 11) is 0. The van der Waals surface area contributed by atoms with E-state index >= 15 is 0 Å². The summed E-state index contributed by atoms with van der Waals surface area (Å²) in [5, 5.41) is 6.22. The largest absolute Gasteiger partial charge is 0.379 e. The maximum absolute atomic E-state index is 12.3. The van der Waals surface area contributed by atoms with Crippen molar-refractivity contribution in [1.82, 2.24) is 14.7 Å². The number of rotatable bonds is 5. The van der Waals surface area contributed by atoms with Crippen molar-refractivity contribution < 1.29 is 4.79 Å². The highest BCUT2D eigenvalue weighted by Crippen LogP contribution is 2.20. The third-order valence-electron chi connectivity index (χ3n) is 4.37. The van der Waals surface area contributed by atoms with E-state index in [0.717, 1.165) is 24.1 Å². The molecule has 1 aromatic carbocycles. The number of carbonyl (C=O) groups is 1. The van der Waals surface area contributed by atoms with E-state index in [-0.39, 0.29) is 11.5 Å². The number of fused-ring (bicyclic) bond motifs is 1. The standard InChI is InChI=1S/C20H20N4O2/c1-13-5-8-18-22-17(10-19(25)24(18)12-13)11-21-16-4-2-3-14(9-16)20(26)23-15-6-7-15/h2-5,8-10,12,15,21H,6-7,11H2,1H3,(H,23,26). The van der Waals surface area contributed by atoms with Crippen molar-refractivity contribution in [1.29, 1.82) is 0 Å². The van der Waals surface area contributed by atoms with Crippen LogP contribution in [0.25, 0.3) is 5.65 Å². The third kappa shape index (κ3) is 3.59. The molecule has 0 radical (unpaired) electrons. The molecule has 4 rings (SSSR count). The number of hydrogen-bond donors (Lipinski definition) is 2. The van der Waals surface area contributed by atoms with Crippen molar-refractivity contribution >= 4 is 17.2 Å². The number of nitrogens with zero attached hydrogens (tertiary/aromatic N) is 2. The van der Waals surface area contributed by atoms with Crippen molar-refractivity contribution in [2.75, 3.05) is 5.32 Å². The Morgan fingerprint density at radius 2 is 2.08 bits per heavy atom. The molecule has 0 unspecified atom stereocenters. The number of aromatic nitrogens is 2. The zero-order valence-electron chi connectivity index (χ0n) is 14.5. The lowest BCUT2D eigenvalue weighted by atomic mass is 10.2. The number of anilines is 1. The van der Waals surface area contributed by atoms with Gasteiger partial charge in [-0.15, -0.1) is 0 Å². The fraction of sp³-hybridized carbons (Fsp3) is 0.250. The summed E-state index contributed by atoms with van der Waals surface area (Å²) in [5.41, 5.74) is 3.63. The van der Waals surface area contributed by atoms with Crippen LogP contribution in [0.2, 0.25) is 0 Å². The average molecular weight is 348 g/mol. The van der Waals surface area contributed by atoms with E-state index in [1.165, 1.54) is 6.07 Å². The molecule has 3 aromatic rings. The van der Waals surface area contributed by atoms with E-state index in [4.69, 9.17) is 0 Å². The molecule has 132 valence electrons. The second-order valence-corrected chi connectivity index (χ2v) is 6.70. The molecule has 2 N–H and O–H groups in total. The molecule has 6 nitrogen and oxygen atoms in total. The van der Waals surface area contributed by atoms with E-state index < -0.39 is 0 Å². The Kier molecular flexibility index (Phi) is 4.16. The van der Waals surface area contributed by atoms with E-state index in [1.54, 1.807) is 16.7 Å². The second-order valence-electron chi connectivity index (χ2n) is 6.70. The van der Waals surface area contributed by atoms with Crippen LogP contribution in [0.3, 0.4) is 0 Å². The smallest absolute Gasteiger partial charge is 0.258 e.